The average molecular weight is 505 g/mol. The largest absolute Gasteiger partial charge is 0.451 e. The Morgan fingerprint density at radius 3 is 1.60 bits per heavy atom. The zero-order valence-corrected chi connectivity index (χ0v) is 23.6. The number of hydrogen-bond acceptors (Lipinski definition) is 9. The molecule has 3 atom stereocenters. The minimum Gasteiger partial charge on any atom is -0.451 e. The van der Waals surface area contributed by atoms with E-state index in [1.807, 2.05) is 27.7 Å². The van der Waals surface area contributed by atoms with Crippen LogP contribution in [0.5, 0.6) is 0 Å². The Balaban J connectivity index is 4.67. The molecular weight excluding hydrogens is 456 g/mol. The maximum absolute atomic E-state index is 12.4. The van der Waals surface area contributed by atoms with Crippen LogP contribution in [0.2, 0.25) is 0 Å². The van der Waals surface area contributed by atoms with E-state index < -0.39 is 40.8 Å². The van der Waals surface area contributed by atoms with Crippen LogP contribution in [-0.2, 0) is 43.4 Å². The van der Waals surface area contributed by atoms with Crippen molar-refractivity contribution in [3.8, 4) is 0 Å². The average Bonchev–Trinajstić information content (AvgIpc) is 2.69. The Bertz CT molecular complexity index is 664. The lowest BCUT2D eigenvalue weighted by molar-refractivity contribution is -0.373. The van der Waals surface area contributed by atoms with Gasteiger partial charge in [-0.05, 0) is 75.2 Å². The van der Waals surface area contributed by atoms with Crippen molar-refractivity contribution in [2.75, 3.05) is 0 Å². The van der Waals surface area contributed by atoms with Crippen molar-refractivity contribution in [2.24, 2.45) is 5.92 Å². The summed E-state index contributed by atoms with van der Waals surface area (Å²) in [6.07, 6.45) is 2.93. The summed E-state index contributed by atoms with van der Waals surface area (Å²) in [5.41, 5.74) is -2.52. The third-order valence-corrected chi connectivity index (χ3v) is 4.95. The molecule has 0 aliphatic heterocycles. The van der Waals surface area contributed by atoms with E-state index in [1.165, 1.54) is 0 Å². The van der Waals surface area contributed by atoms with E-state index in [-0.39, 0.29) is 18.4 Å². The molecule has 0 saturated heterocycles. The molecule has 0 aromatic carbocycles. The molecule has 0 aromatic heterocycles. The topological polar surface area (TPSA) is 107 Å². The van der Waals surface area contributed by atoms with E-state index in [0.717, 1.165) is 19.3 Å². The second kappa shape index (κ2) is 14.8. The van der Waals surface area contributed by atoms with Gasteiger partial charge < -0.3 is 9.47 Å². The first-order valence-electron chi connectivity index (χ1n) is 12.6. The Morgan fingerprint density at radius 1 is 0.743 bits per heavy atom. The fraction of sp³-hybridized carbons (Fsp3) is 0.885. The predicted molar refractivity (Wildman–Crippen MR) is 131 cm³/mol. The lowest BCUT2D eigenvalue weighted by Crippen LogP contribution is -2.40. The van der Waals surface area contributed by atoms with Crippen LogP contribution < -0.4 is 0 Å². The van der Waals surface area contributed by atoms with Crippen molar-refractivity contribution in [3.05, 3.63) is 0 Å². The molecule has 0 bridgehead atoms. The van der Waals surface area contributed by atoms with E-state index in [4.69, 9.17) is 29.0 Å². The first-order chi connectivity index (χ1) is 15.9. The standard InChI is InChI=1S/C26H48O9/c1-12-14-15-20(13-2)21(27)34-32-18(3)16-25(8,9)30-22(28)23(29)31-26(10,11)17-19(4)33-35-24(5,6)7/h18-20H,12-17H2,1-11H3. The Hall–Kier alpha value is -1.71. The number of unbranched alkanes of at least 4 members (excludes halogenated alkanes) is 1. The second-order valence-corrected chi connectivity index (χ2v) is 11.4. The fourth-order valence-corrected chi connectivity index (χ4v) is 3.48. The normalized spacial score (nSPS) is 15.2. The minimum atomic E-state index is -1.11. The highest BCUT2D eigenvalue weighted by atomic mass is 17.2. The smallest absolute Gasteiger partial charge is 0.418 e. The summed E-state index contributed by atoms with van der Waals surface area (Å²) in [6, 6.07) is 0. The molecule has 0 radical (unpaired) electrons. The molecule has 0 aromatic rings. The molecule has 0 aliphatic rings. The molecular formula is C26H48O9. The van der Waals surface area contributed by atoms with Crippen LogP contribution in [0.3, 0.4) is 0 Å². The highest BCUT2D eigenvalue weighted by molar-refractivity contribution is 6.29. The first kappa shape index (κ1) is 33.3. The lowest BCUT2D eigenvalue weighted by atomic mass is 10.00. The molecule has 3 unspecified atom stereocenters. The van der Waals surface area contributed by atoms with Gasteiger partial charge in [-0.3, -0.25) is 4.89 Å². The molecule has 9 nitrogen and oxygen atoms in total. The van der Waals surface area contributed by atoms with Gasteiger partial charge >= 0.3 is 17.9 Å². The molecule has 35 heavy (non-hydrogen) atoms. The summed E-state index contributed by atoms with van der Waals surface area (Å²) in [7, 11) is 0. The highest BCUT2D eigenvalue weighted by Crippen LogP contribution is 2.23. The van der Waals surface area contributed by atoms with Gasteiger partial charge in [0, 0.05) is 12.8 Å². The quantitative estimate of drug-likeness (QED) is 0.121. The second-order valence-electron chi connectivity index (χ2n) is 11.4. The van der Waals surface area contributed by atoms with Crippen LogP contribution in [0.4, 0.5) is 0 Å². The minimum absolute atomic E-state index is 0.198. The van der Waals surface area contributed by atoms with Gasteiger partial charge in [-0.15, -0.1) is 0 Å². The van der Waals surface area contributed by atoms with Crippen LogP contribution >= 0.6 is 0 Å². The van der Waals surface area contributed by atoms with E-state index >= 15 is 0 Å². The maximum atomic E-state index is 12.4. The van der Waals surface area contributed by atoms with Crippen LogP contribution in [0, 0.1) is 5.92 Å². The lowest BCUT2D eigenvalue weighted by Gasteiger charge is -2.30. The first-order valence-corrected chi connectivity index (χ1v) is 12.6. The molecule has 0 amide bonds. The Kier molecular flexibility index (Phi) is 14.0. The number of rotatable bonds is 15. The third kappa shape index (κ3) is 15.8. The molecule has 0 spiro atoms. The molecule has 0 saturated carbocycles. The summed E-state index contributed by atoms with van der Waals surface area (Å²) in [5, 5.41) is 0. The van der Waals surface area contributed by atoms with Gasteiger partial charge in [-0.1, -0.05) is 26.7 Å². The number of ether oxygens (including phenoxy) is 2. The molecule has 206 valence electrons. The molecule has 0 fully saturated rings. The number of carbonyl (C=O) groups is 3. The number of hydrogen-bond donors (Lipinski definition) is 0. The SMILES string of the molecule is CCCCC(CC)C(=O)OOC(C)CC(C)(C)OC(=O)C(=O)OC(C)(C)CC(C)OOC(C)(C)C. The van der Waals surface area contributed by atoms with Gasteiger partial charge in [-0.2, -0.15) is 4.89 Å². The van der Waals surface area contributed by atoms with E-state index in [1.54, 1.807) is 41.5 Å². The van der Waals surface area contributed by atoms with Gasteiger partial charge in [0.25, 0.3) is 0 Å². The number of carbonyl (C=O) groups excluding carboxylic acids is 3. The third-order valence-electron chi connectivity index (χ3n) is 4.95. The zero-order chi connectivity index (χ0) is 27.4. The van der Waals surface area contributed by atoms with E-state index in [2.05, 4.69) is 6.92 Å². The summed E-state index contributed by atoms with van der Waals surface area (Å²) >= 11 is 0. The Labute approximate surface area is 211 Å². The van der Waals surface area contributed by atoms with Crippen molar-refractivity contribution < 1.29 is 43.4 Å². The van der Waals surface area contributed by atoms with Crippen LogP contribution in [0.15, 0.2) is 0 Å². The number of esters is 2. The molecule has 0 heterocycles. The van der Waals surface area contributed by atoms with Crippen LogP contribution in [0.25, 0.3) is 0 Å². The van der Waals surface area contributed by atoms with Crippen molar-refractivity contribution >= 4 is 17.9 Å². The summed E-state index contributed by atoms with van der Waals surface area (Å²) < 4.78 is 10.7. The van der Waals surface area contributed by atoms with Gasteiger partial charge in [0.2, 0.25) is 0 Å². The highest BCUT2D eigenvalue weighted by Gasteiger charge is 2.35. The van der Waals surface area contributed by atoms with E-state index in [0.29, 0.717) is 12.8 Å². The fourth-order valence-electron chi connectivity index (χ4n) is 3.48. The van der Waals surface area contributed by atoms with Crippen LogP contribution in [0.1, 0.15) is 115 Å². The van der Waals surface area contributed by atoms with Crippen molar-refractivity contribution in [1.29, 1.82) is 0 Å². The monoisotopic (exact) mass is 504 g/mol. The Morgan fingerprint density at radius 2 is 1.20 bits per heavy atom. The predicted octanol–water partition coefficient (Wildman–Crippen LogP) is 5.63. The van der Waals surface area contributed by atoms with Gasteiger partial charge in [0.1, 0.15) is 17.3 Å². The summed E-state index contributed by atoms with van der Waals surface area (Å²) in [6.45, 7) is 19.7. The molecule has 0 N–H and O–H groups in total. The van der Waals surface area contributed by atoms with Gasteiger partial charge in [0.05, 0.1) is 17.6 Å². The van der Waals surface area contributed by atoms with Crippen molar-refractivity contribution in [3.63, 3.8) is 0 Å². The summed E-state index contributed by atoms with van der Waals surface area (Å²) in [4.78, 5) is 57.8. The van der Waals surface area contributed by atoms with Gasteiger partial charge in [-0.25, -0.2) is 24.2 Å². The van der Waals surface area contributed by atoms with Crippen molar-refractivity contribution in [1.82, 2.24) is 0 Å². The van der Waals surface area contributed by atoms with E-state index in [9.17, 15) is 14.4 Å². The molecule has 9 heteroatoms. The van der Waals surface area contributed by atoms with Gasteiger partial charge in [0.15, 0.2) is 0 Å². The summed E-state index contributed by atoms with van der Waals surface area (Å²) in [5.74, 6) is -2.83. The molecule has 0 aliphatic carbocycles. The van der Waals surface area contributed by atoms with Crippen molar-refractivity contribution in [2.45, 2.75) is 144 Å². The molecule has 0 rings (SSSR count). The zero-order valence-electron chi connectivity index (χ0n) is 23.6. The maximum Gasteiger partial charge on any atom is 0.418 e. The van der Waals surface area contributed by atoms with Crippen LogP contribution in [-0.4, -0.2) is 46.9 Å².